The number of benzene rings is 2. The van der Waals surface area contributed by atoms with Gasteiger partial charge >= 0.3 is 0 Å². The van der Waals surface area contributed by atoms with E-state index in [2.05, 4.69) is 4.72 Å². The van der Waals surface area contributed by atoms with E-state index in [1.165, 1.54) is 30.3 Å². The molecule has 0 unspecified atom stereocenters. The molecule has 6 nitrogen and oxygen atoms in total. The molecule has 0 aliphatic carbocycles. The van der Waals surface area contributed by atoms with Gasteiger partial charge in [0.2, 0.25) is 0 Å². The van der Waals surface area contributed by atoms with Crippen molar-refractivity contribution in [3.8, 4) is 0 Å². The van der Waals surface area contributed by atoms with Gasteiger partial charge < -0.3 is 0 Å². The average molecular weight is 347 g/mol. The zero-order valence-corrected chi connectivity index (χ0v) is 12.6. The minimum absolute atomic E-state index is 0.00122. The smallest absolute Gasteiger partial charge is 0.271 e. The van der Waals surface area contributed by atoms with Gasteiger partial charge in [-0.2, -0.15) is 0 Å². The highest BCUT2D eigenvalue weighted by Gasteiger charge is 2.17. The van der Waals surface area contributed by atoms with Crippen molar-refractivity contribution in [2.75, 3.05) is 4.72 Å². The molecule has 0 spiro atoms. The van der Waals surface area contributed by atoms with Crippen molar-refractivity contribution >= 4 is 44.6 Å². The summed E-state index contributed by atoms with van der Waals surface area (Å²) in [5, 5.41) is 10.9. The lowest BCUT2D eigenvalue weighted by molar-refractivity contribution is -0.384. The molecule has 110 valence electrons. The van der Waals surface area contributed by atoms with Gasteiger partial charge in [-0.05, 0) is 30.3 Å². The Balaban J connectivity index is 2.32. The van der Waals surface area contributed by atoms with Crippen LogP contribution >= 0.6 is 23.2 Å². The number of rotatable bonds is 4. The van der Waals surface area contributed by atoms with Crippen molar-refractivity contribution < 1.29 is 13.3 Å². The summed E-state index contributed by atoms with van der Waals surface area (Å²) in [6, 6.07) is 9.01. The summed E-state index contributed by atoms with van der Waals surface area (Å²) in [6.07, 6.45) is 0. The van der Waals surface area contributed by atoms with Crippen molar-refractivity contribution in [2.24, 2.45) is 0 Å². The van der Waals surface area contributed by atoms with Crippen LogP contribution < -0.4 is 4.72 Å². The summed E-state index contributed by atoms with van der Waals surface area (Å²) >= 11 is 11.5. The minimum atomic E-state index is -3.85. The molecule has 2 rings (SSSR count). The van der Waals surface area contributed by atoms with Gasteiger partial charge in [0.05, 0.1) is 20.5 Å². The summed E-state index contributed by atoms with van der Waals surface area (Å²) in [4.78, 5) is 9.98. The van der Waals surface area contributed by atoms with Gasteiger partial charge in [-0.3, -0.25) is 14.8 Å². The van der Waals surface area contributed by atoms with Crippen molar-refractivity contribution in [2.45, 2.75) is 4.90 Å². The van der Waals surface area contributed by atoms with E-state index in [9.17, 15) is 18.5 Å². The predicted molar refractivity (Wildman–Crippen MR) is 80.4 cm³/mol. The summed E-state index contributed by atoms with van der Waals surface area (Å²) in [5.41, 5.74) is -0.174. The third-order valence-electron chi connectivity index (χ3n) is 2.53. The van der Waals surface area contributed by atoms with Crippen LogP contribution in [0.15, 0.2) is 47.4 Å². The van der Waals surface area contributed by atoms with E-state index in [4.69, 9.17) is 23.2 Å². The molecule has 0 amide bonds. The quantitative estimate of drug-likeness (QED) is 0.674. The molecule has 0 heterocycles. The largest absolute Gasteiger partial charge is 0.278 e. The first-order valence-corrected chi connectivity index (χ1v) is 7.76. The maximum Gasteiger partial charge on any atom is 0.271 e. The highest BCUT2D eigenvalue weighted by molar-refractivity contribution is 7.92. The number of nitro benzene ring substituents is 1. The van der Waals surface area contributed by atoms with Crippen molar-refractivity contribution in [1.82, 2.24) is 0 Å². The number of hydrogen-bond donors (Lipinski definition) is 1. The summed E-state index contributed by atoms with van der Waals surface area (Å²) in [7, 11) is -3.85. The molecule has 9 heteroatoms. The van der Waals surface area contributed by atoms with Gasteiger partial charge in [-0.1, -0.05) is 23.2 Å². The zero-order chi connectivity index (χ0) is 15.6. The monoisotopic (exact) mass is 346 g/mol. The highest BCUT2D eigenvalue weighted by Crippen LogP contribution is 2.28. The van der Waals surface area contributed by atoms with E-state index in [1.54, 1.807) is 0 Å². The highest BCUT2D eigenvalue weighted by atomic mass is 35.5. The van der Waals surface area contributed by atoms with Crippen LogP contribution in [0.5, 0.6) is 0 Å². The molecular formula is C12H8Cl2N2O4S. The summed E-state index contributed by atoms with van der Waals surface area (Å²) < 4.78 is 26.5. The Morgan fingerprint density at radius 2 is 1.67 bits per heavy atom. The second kappa shape index (κ2) is 5.88. The average Bonchev–Trinajstić information content (AvgIpc) is 2.41. The van der Waals surface area contributed by atoms with Crippen LogP contribution in [0, 0.1) is 10.1 Å². The fourth-order valence-corrected chi connectivity index (χ4v) is 3.00. The fraction of sp³-hybridized carbons (Fsp3) is 0. The molecule has 21 heavy (non-hydrogen) atoms. The number of hydrogen-bond acceptors (Lipinski definition) is 4. The molecule has 1 N–H and O–H groups in total. The molecule has 2 aromatic rings. The number of non-ortho nitro benzene ring substituents is 1. The maximum absolute atomic E-state index is 12.1. The standard InChI is InChI=1S/C12H8Cl2N2O4S/c13-8-1-4-10(5-2-8)21(19,20)15-12-6-3-9(16(17)18)7-11(12)14/h1-7,15H. The lowest BCUT2D eigenvalue weighted by Gasteiger charge is -2.09. The first kappa shape index (κ1) is 15.6. The first-order valence-electron chi connectivity index (χ1n) is 5.52. The number of nitro groups is 1. The Morgan fingerprint density at radius 1 is 1.05 bits per heavy atom. The first-order chi connectivity index (χ1) is 9.79. The van der Waals surface area contributed by atoms with E-state index in [0.717, 1.165) is 12.1 Å². The maximum atomic E-state index is 12.1. The van der Waals surface area contributed by atoms with E-state index in [0.29, 0.717) is 5.02 Å². The van der Waals surface area contributed by atoms with Gasteiger partial charge in [0, 0.05) is 17.2 Å². The molecule has 0 saturated heterocycles. The minimum Gasteiger partial charge on any atom is -0.278 e. The Labute approximate surface area is 130 Å². The van der Waals surface area contributed by atoms with E-state index >= 15 is 0 Å². The molecule has 0 saturated carbocycles. The lowest BCUT2D eigenvalue weighted by Crippen LogP contribution is -2.13. The topological polar surface area (TPSA) is 89.3 Å². The van der Waals surface area contributed by atoms with Gasteiger partial charge in [0.25, 0.3) is 15.7 Å². The van der Waals surface area contributed by atoms with E-state index in [-0.39, 0.29) is 21.3 Å². The van der Waals surface area contributed by atoms with Gasteiger partial charge in [0.15, 0.2) is 0 Å². The molecule has 0 aliphatic rings. The Kier molecular flexibility index (Phi) is 4.36. The molecule has 0 atom stereocenters. The number of halogens is 2. The summed E-state index contributed by atoms with van der Waals surface area (Å²) in [6.45, 7) is 0. The number of anilines is 1. The van der Waals surface area contributed by atoms with Crippen molar-refractivity contribution in [1.29, 1.82) is 0 Å². The Bertz CT molecular complexity index is 791. The second-order valence-corrected chi connectivity index (χ2v) is 6.51. The third kappa shape index (κ3) is 3.63. The Hall–Kier alpha value is -1.83. The van der Waals surface area contributed by atoms with Gasteiger partial charge in [0.1, 0.15) is 0 Å². The van der Waals surface area contributed by atoms with Crippen LogP contribution in [0.3, 0.4) is 0 Å². The molecule has 0 bridgehead atoms. The van der Waals surface area contributed by atoms with Crippen LogP contribution in [0.2, 0.25) is 10.0 Å². The van der Waals surface area contributed by atoms with Crippen LogP contribution in [0.25, 0.3) is 0 Å². The van der Waals surface area contributed by atoms with Gasteiger partial charge in [-0.25, -0.2) is 8.42 Å². The molecule has 0 radical (unpaired) electrons. The van der Waals surface area contributed by atoms with Crippen LogP contribution in [-0.2, 0) is 10.0 Å². The number of nitrogens with one attached hydrogen (secondary N) is 1. The van der Waals surface area contributed by atoms with Crippen LogP contribution in [0.1, 0.15) is 0 Å². The molecular weight excluding hydrogens is 339 g/mol. The van der Waals surface area contributed by atoms with Crippen molar-refractivity contribution in [3.63, 3.8) is 0 Å². The van der Waals surface area contributed by atoms with Crippen LogP contribution in [0.4, 0.5) is 11.4 Å². The number of sulfonamides is 1. The zero-order valence-electron chi connectivity index (χ0n) is 10.3. The molecule has 2 aromatic carbocycles. The van der Waals surface area contributed by atoms with Gasteiger partial charge in [-0.15, -0.1) is 0 Å². The predicted octanol–water partition coefficient (Wildman–Crippen LogP) is 3.70. The van der Waals surface area contributed by atoms with Crippen molar-refractivity contribution in [3.05, 3.63) is 62.6 Å². The molecule has 0 fully saturated rings. The summed E-state index contributed by atoms with van der Waals surface area (Å²) in [5.74, 6) is 0. The number of nitrogens with zero attached hydrogens (tertiary/aromatic N) is 1. The van der Waals surface area contributed by atoms with E-state index < -0.39 is 14.9 Å². The molecule has 0 aromatic heterocycles. The second-order valence-electron chi connectivity index (χ2n) is 3.98. The Morgan fingerprint density at radius 3 is 2.19 bits per heavy atom. The SMILES string of the molecule is O=[N+]([O-])c1ccc(NS(=O)(=O)c2ccc(Cl)cc2)c(Cl)c1. The third-order valence-corrected chi connectivity index (χ3v) is 4.48. The van der Waals surface area contributed by atoms with Crippen LogP contribution in [-0.4, -0.2) is 13.3 Å². The molecule has 0 aliphatic heterocycles. The fourth-order valence-electron chi connectivity index (χ4n) is 1.52. The normalized spacial score (nSPS) is 11.1. The lowest BCUT2D eigenvalue weighted by atomic mass is 10.3. The van der Waals surface area contributed by atoms with E-state index in [1.807, 2.05) is 0 Å².